The van der Waals surface area contributed by atoms with E-state index in [1.54, 1.807) is 24.9 Å². The molecule has 1 heterocycles. The molecule has 6 heteroatoms. The Balaban J connectivity index is 1.76. The highest BCUT2D eigenvalue weighted by atomic mass is 32.2. The standard InChI is InChI=1S/C25H27N4OS/c1-5-6-18-7-9-20(10-8-18)24(26)30-25(27)23-17(4)28-15-22(29-23)19-11-13-21(14-12-19)31-16(2)3/h7-16,26H,5-6H2,1-4H3/q-1. The minimum Gasteiger partial charge on any atom is -0.769 e. The van der Waals surface area contributed by atoms with Gasteiger partial charge in [0.15, 0.2) is 0 Å². The van der Waals surface area contributed by atoms with Crippen LogP contribution in [0.5, 0.6) is 0 Å². The predicted octanol–water partition coefficient (Wildman–Crippen LogP) is 6.26. The van der Waals surface area contributed by atoms with Gasteiger partial charge in [-0.25, -0.2) is 4.98 Å². The van der Waals surface area contributed by atoms with Crippen LogP contribution in [0.4, 0.5) is 0 Å². The second-order valence-electron chi connectivity index (χ2n) is 7.56. The Bertz CT molecular complexity index is 1060. The Labute approximate surface area is 188 Å². The highest BCUT2D eigenvalue weighted by molar-refractivity contribution is 7.99. The Kier molecular flexibility index (Phi) is 7.58. The third-order valence-electron chi connectivity index (χ3n) is 4.63. The van der Waals surface area contributed by atoms with Crippen molar-refractivity contribution in [3.63, 3.8) is 0 Å². The molecule has 0 radical (unpaired) electrons. The quantitative estimate of drug-likeness (QED) is 0.272. The molecule has 0 atom stereocenters. The summed E-state index contributed by atoms with van der Waals surface area (Å²) in [5.41, 5.74) is 4.08. The molecular weight excluding hydrogens is 404 g/mol. The second kappa shape index (κ2) is 10.4. The normalized spacial score (nSPS) is 10.9. The van der Waals surface area contributed by atoms with Crippen molar-refractivity contribution in [1.82, 2.24) is 9.97 Å². The summed E-state index contributed by atoms with van der Waals surface area (Å²) in [6.45, 7) is 8.19. The summed E-state index contributed by atoms with van der Waals surface area (Å²) in [6.07, 6.45) is 3.73. The van der Waals surface area contributed by atoms with E-state index in [1.165, 1.54) is 10.5 Å². The zero-order valence-electron chi connectivity index (χ0n) is 18.3. The van der Waals surface area contributed by atoms with E-state index in [1.807, 2.05) is 36.4 Å². The van der Waals surface area contributed by atoms with Crippen LogP contribution >= 0.6 is 11.8 Å². The second-order valence-corrected chi connectivity index (χ2v) is 9.21. The van der Waals surface area contributed by atoms with Gasteiger partial charge in [-0.1, -0.05) is 51.5 Å². The molecule has 0 aliphatic heterocycles. The first kappa shape index (κ1) is 22.7. The van der Waals surface area contributed by atoms with Gasteiger partial charge < -0.3 is 10.1 Å². The zero-order chi connectivity index (χ0) is 22.4. The number of thioether (sulfide) groups is 1. The molecule has 5 nitrogen and oxygen atoms in total. The maximum atomic E-state index is 10.5. The summed E-state index contributed by atoms with van der Waals surface area (Å²) >= 11 is 1.80. The summed E-state index contributed by atoms with van der Waals surface area (Å²) in [7, 11) is 0. The molecule has 3 rings (SSSR count). The number of aryl methyl sites for hydroxylation is 2. The minimum absolute atomic E-state index is 0.137. The summed E-state index contributed by atoms with van der Waals surface area (Å²) in [5.74, 6) is -0.566. The van der Waals surface area contributed by atoms with Crippen LogP contribution in [-0.2, 0) is 11.2 Å². The molecule has 160 valence electrons. The molecular formula is C25H27N4OS-. The van der Waals surface area contributed by atoms with Crippen LogP contribution in [0.2, 0.25) is 0 Å². The molecule has 0 aliphatic rings. The van der Waals surface area contributed by atoms with Crippen molar-refractivity contribution in [2.75, 3.05) is 0 Å². The number of nitrogens with one attached hydrogen (secondary N) is 1. The lowest BCUT2D eigenvalue weighted by molar-refractivity contribution is 0.548. The molecule has 0 saturated carbocycles. The summed E-state index contributed by atoms with van der Waals surface area (Å²) in [6, 6.07) is 15.7. The first-order valence-electron chi connectivity index (χ1n) is 10.4. The Morgan fingerprint density at radius 3 is 2.39 bits per heavy atom. The molecule has 0 amide bonds. The number of hydrogen-bond donors (Lipinski definition) is 1. The molecule has 0 saturated heterocycles. The van der Waals surface area contributed by atoms with E-state index < -0.39 is 5.90 Å². The minimum atomic E-state index is -0.429. The first-order valence-corrected chi connectivity index (χ1v) is 11.3. The van der Waals surface area contributed by atoms with E-state index in [9.17, 15) is 5.41 Å². The summed E-state index contributed by atoms with van der Waals surface area (Å²) < 4.78 is 5.41. The summed E-state index contributed by atoms with van der Waals surface area (Å²) in [4.78, 5) is 10.1. The lowest BCUT2D eigenvalue weighted by atomic mass is 10.1. The van der Waals surface area contributed by atoms with Gasteiger partial charge >= 0.3 is 0 Å². The van der Waals surface area contributed by atoms with Gasteiger partial charge in [-0.05, 0) is 43.2 Å². The van der Waals surface area contributed by atoms with Crippen LogP contribution in [0, 0.1) is 12.3 Å². The molecule has 1 N–H and O–H groups in total. The van der Waals surface area contributed by atoms with Crippen molar-refractivity contribution >= 4 is 23.6 Å². The first-order chi connectivity index (χ1) is 14.9. The number of nitrogens with zero attached hydrogens (tertiary/aromatic N) is 3. The van der Waals surface area contributed by atoms with Gasteiger partial charge in [0.25, 0.3) is 0 Å². The number of aromatic nitrogens is 2. The van der Waals surface area contributed by atoms with Crippen LogP contribution in [-0.4, -0.2) is 27.0 Å². The topological polar surface area (TPSA) is 81.2 Å². The van der Waals surface area contributed by atoms with Gasteiger partial charge in [0.05, 0.1) is 17.6 Å². The van der Waals surface area contributed by atoms with Gasteiger partial charge in [-0.2, -0.15) is 0 Å². The Hall–Kier alpha value is -2.99. The predicted molar refractivity (Wildman–Crippen MR) is 129 cm³/mol. The van der Waals surface area contributed by atoms with Crippen molar-refractivity contribution in [3.8, 4) is 11.3 Å². The largest absolute Gasteiger partial charge is 0.769 e. The highest BCUT2D eigenvalue weighted by Gasteiger charge is 2.11. The Morgan fingerprint density at radius 1 is 1.10 bits per heavy atom. The molecule has 3 aromatic rings. The van der Waals surface area contributed by atoms with E-state index in [-0.39, 0.29) is 11.6 Å². The Morgan fingerprint density at radius 2 is 1.77 bits per heavy atom. The van der Waals surface area contributed by atoms with Crippen LogP contribution in [0.3, 0.4) is 0 Å². The van der Waals surface area contributed by atoms with Crippen LogP contribution in [0.25, 0.3) is 16.7 Å². The maximum absolute atomic E-state index is 10.5. The number of rotatable bonds is 7. The maximum Gasteiger partial charge on any atom is 0.216 e. The molecule has 31 heavy (non-hydrogen) atoms. The van der Waals surface area contributed by atoms with Gasteiger partial charge in [0.2, 0.25) is 5.90 Å². The fourth-order valence-corrected chi connectivity index (χ4v) is 3.92. The zero-order valence-corrected chi connectivity index (χ0v) is 19.2. The van der Waals surface area contributed by atoms with Gasteiger partial charge in [0, 0.05) is 27.2 Å². The fourth-order valence-electron chi connectivity index (χ4n) is 3.08. The number of benzene rings is 2. The average molecular weight is 432 g/mol. The van der Waals surface area contributed by atoms with E-state index >= 15 is 0 Å². The van der Waals surface area contributed by atoms with E-state index in [0.29, 0.717) is 22.2 Å². The van der Waals surface area contributed by atoms with E-state index in [4.69, 9.17) is 10.1 Å². The van der Waals surface area contributed by atoms with Crippen LogP contribution < -0.4 is 0 Å². The van der Waals surface area contributed by atoms with Crippen molar-refractivity contribution < 1.29 is 4.74 Å². The monoisotopic (exact) mass is 431 g/mol. The lowest BCUT2D eigenvalue weighted by Gasteiger charge is -2.17. The van der Waals surface area contributed by atoms with Crippen LogP contribution in [0.15, 0.2) is 59.6 Å². The summed E-state index contributed by atoms with van der Waals surface area (Å²) in [5, 5.41) is 19.2. The van der Waals surface area contributed by atoms with Gasteiger partial charge in [0.1, 0.15) is 5.69 Å². The SMILES string of the molecule is CCCc1ccc(C(=N)OC(=[N-])c2nc(-c3ccc(SC(C)C)cc3)cnc2C)cc1. The highest BCUT2D eigenvalue weighted by Crippen LogP contribution is 2.26. The third-order valence-corrected chi connectivity index (χ3v) is 5.65. The van der Waals surface area contributed by atoms with Gasteiger partial charge in [-0.15, -0.1) is 11.8 Å². The molecule has 0 aliphatic carbocycles. The molecule has 2 aromatic carbocycles. The molecule has 1 aromatic heterocycles. The van der Waals surface area contributed by atoms with Crippen molar-refractivity contribution in [2.45, 2.75) is 50.7 Å². The van der Waals surface area contributed by atoms with E-state index in [2.05, 4.69) is 42.9 Å². The number of ether oxygens (including phenoxy) is 1. The lowest BCUT2D eigenvalue weighted by Crippen LogP contribution is -2.16. The molecule has 0 unspecified atom stereocenters. The molecule has 0 bridgehead atoms. The van der Waals surface area contributed by atoms with E-state index in [0.717, 1.165) is 18.4 Å². The van der Waals surface area contributed by atoms with Crippen molar-refractivity contribution in [1.29, 1.82) is 5.41 Å². The average Bonchev–Trinajstić information content (AvgIpc) is 2.75. The fraction of sp³-hybridized carbons (Fsp3) is 0.280. The van der Waals surface area contributed by atoms with Gasteiger partial charge in [-0.3, -0.25) is 10.4 Å². The third kappa shape index (κ3) is 6.01. The number of hydrogen-bond acceptors (Lipinski definition) is 5. The van der Waals surface area contributed by atoms with Crippen LogP contribution in [0.1, 0.15) is 49.7 Å². The molecule has 0 fully saturated rings. The van der Waals surface area contributed by atoms with Crippen molar-refractivity contribution in [3.05, 3.63) is 82.7 Å². The van der Waals surface area contributed by atoms with Crippen molar-refractivity contribution in [2.24, 2.45) is 0 Å². The smallest absolute Gasteiger partial charge is 0.216 e. The molecule has 0 spiro atoms.